The minimum absolute atomic E-state index is 0.173. The summed E-state index contributed by atoms with van der Waals surface area (Å²) >= 11 is 8.27. The molecule has 0 radical (unpaired) electrons. The van der Waals surface area contributed by atoms with Crippen molar-refractivity contribution in [3.63, 3.8) is 0 Å². The number of hydrogen-bond acceptors (Lipinski definition) is 3. The van der Waals surface area contributed by atoms with Crippen LogP contribution in [0.4, 0.5) is 0 Å². The predicted octanol–water partition coefficient (Wildman–Crippen LogP) is 3.59. The van der Waals surface area contributed by atoms with Crippen LogP contribution in [0.15, 0.2) is 20.1 Å². The molecule has 0 amide bonds. The fourth-order valence-corrected chi connectivity index (χ4v) is 8.18. The van der Waals surface area contributed by atoms with Crippen molar-refractivity contribution in [2.24, 2.45) is 0 Å². The van der Waals surface area contributed by atoms with Crippen LogP contribution in [0.5, 0.6) is 0 Å². The summed E-state index contributed by atoms with van der Waals surface area (Å²) in [6, 6.07) is 2.15. The van der Waals surface area contributed by atoms with Crippen LogP contribution in [-0.2, 0) is 10.0 Å². The maximum absolute atomic E-state index is 12.7. The molecule has 0 N–H and O–H groups in total. The fraction of sp³-hybridized carbons (Fsp3) is 0.636. The Bertz CT molecular complexity index is 543. The van der Waals surface area contributed by atoms with Crippen LogP contribution in [0.25, 0.3) is 0 Å². The molecule has 3 nitrogen and oxygen atoms in total. The summed E-state index contributed by atoms with van der Waals surface area (Å²) in [6.45, 7) is 0. The predicted molar refractivity (Wildman–Crippen MR) is 79.8 cm³/mol. The van der Waals surface area contributed by atoms with Crippen LogP contribution >= 0.6 is 43.2 Å². The zero-order valence-corrected chi connectivity index (χ0v) is 14.4. The Kier molecular flexibility index (Phi) is 3.64. The molecule has 100 valence electrons. The lowest BCUT2D eigenvalue weighted by Gasteiger charge is -2.35. The first-order chi connectivity index (χ1) is 8.50. The van der Waals surface area contributed by atoms with Gasteiger partial charge in [0.25, 0.3) is 10.0 Å². The molecule has 2 atom stereocenters. The minimum atomic E-state index is -3.32. The average molecular weight is 415 g/mol. The van der Waals surface area contributed by atoms with E-state index in [4.69, 9.17) is 0 Å². The van der Waals surface area contributed by atoms with Gasteiger partial charge in [0.05, 0.1) is 0 Å². The van der Waals surface area contributed by atoms with Crippen molar-refractivity contribution < 1.29 is 8.42 Å². The van der Waals surface area contributed by atoms with Gasteiger partial charge in [0.1, 0.15) is 4.21 Å². The van der Waals surface area contributed by atoms with Crippen molar-refractivity contribution in [3.05, 3.63) is 15.9 Å². The molecule has 0 aliphatic carbocycles. The number of halogens is 2. The molecule has 1 aromatic rings. The molecule has 7 heteroatoms. The Morgan fingerprint density at radius 2 is 1.89 bits per heavy atom. The van der Waals surface area contributed by atoms with E-state index in [0.717, 1.165) is 25.7 Å². The van der Waals surface area contributed by atoms with Gasteiger partial charge in [-0.15, -0.1) is 11.3 Å². The van der Waals surface area contributed by atoms with Gasteiger partial charge in [0, 0.05) is 21.4 Å². The average Bonchev–Trinajstić information content (AvgIpc) is 2.82. The maximum atomic E-state index is 12.7. The van der Waals surface area contributed by atoms with Crippen molar-refractivity contribution in [1.29, 1.82) is 0 Å². The normalized spacial score (nSPS) is 32.9. The Morgan fingerprint density at radius 3 is 2.39 bits per heavy atom. The summed E-state index contributed by atoms with van der Waals surface area (Å²) in [5.74, 6) is 0. The maximum Gasteiger partial charge on any atom is 0.254 e. The zero-order valence-electron chi connectivity index (χ0n) is 9.55. The second-order valence-corrected chi connectivity index (χ2v) is 9.95. The quantitative estimate of drug-likeness (QED) is 0.693. The molecule has 1 aromatic heterocycles. The van der Waals surface area contributed by atoms with Gasteiger partial charge >= 0.3 is 0 Å². The number of sulfonamides is 1. The summed E-state index contributed by atoms with van der Waals surface area (Å²) in [5.41, 5.74) is 0. The van der Waals surface area contributed by atoms with Gasteiger partial charge in [-0.2, -0.15) is 4.31 Å². The molecule has 2 fully saturated rings. The van der Waals surface area contributed by atoms with Gasteiger partial charge in [0.15, 0.2) is 0 Å². The van der Waals surface area contributed by atoms with E-state index in [-0.39, 0.29) is 12.1 Å². The Labute approximate surface area is 128 Å². The van der Waals surface area contributed by atoms with E-state index in [2.05, 4.69) is 31.9 Å². The third kappa shape index (κ3) is 2.12. The summed E-state index contributed by atoms with van der Waals surface area (Å²) in [5, 5.41) is 1.82. The minimum Gasteiger partial charge on any atom is -0.206 e. The van der Waals surface area contributed by atoms with Gasteiger partial charge < -0.3 is 0 Å². The Hall–Kier alpha value is 0.570. The molecule has 0 saturated carbocycles. The van der Waals surface area contributed by atoms with Gasteiger partial charge in [-0.3, -0.25) is 0 Å². The van der Waals surface area contributed by atoms with Crippen molar-refractivity contribution in [2.45, 2.75) is 46.8 Å². The molecule has 18 heavy (non-hydrogen) atoms. The lowest BCUT2D eigenvalue weighted by Crippen LogP contribution is -2.46. The topological polar surface area (TPSA) is 37.4 Å². The van der Waals surface area contributed by atoms with E-state index >= 15 is 0 Å². The molecule has 2 saturated heterocycles. The summed E-state index contributed by atoms with van der Waals surface area (Å²) in [6.07, 6.45) is 3.85. The molecule has 3 heterocycles. The molecular formula is C11H13Br2NO2S2. The number of alkyl halides is 1. The van der Waals surface area contributed by atoms with Crippen molar-refractivity contribution in [3.8, 4) is 0 Å². The number of piperidine rings is 1. The van der Waals surface area contributed by atoms with Crippen LogP contribution in [0.1, 0.15) is 25.7 Å². The monoisotopic (exact) mass is 413 g/mol. The molecule has 2 aliphatic heterocycles. The van der Waals surface area contributed by atoms with Gasteiger partial charge in [-0.25, -0.2) is 8.42 Å². The number of hydrogen-bond donors (Lipinski definition) is 0. The van der Waals surface area contributed by atoms with Crippen LogP contribution in [-0.4, -0.2) is 29.6 Å². The van der Waals surface area contributed by atoms with E-state index in [1.807, 2.05) is 5.38 Å². The van der Waals surface area contributed by atoms with Crippen LogP contribution < -0.4 is 0 Å². The highest BCUT2D eigenvalue weighted by atomic mass is 79.9. The van der Waals surface area contributed by atoms with Gasteiger partial charge in [-0.05, 0) is 53.1 Å². The highest BCUT2D eigenvalue weighted by Gasteiger charge is 2.47. The van der Waals surface area contributed by atoms with E-state index in [1.165, 1.54) is 11.3 Å². The van der Waals surface area contributed by atoms with Crippen LogP contribution in [0, 0.1) is 0 Å². The number of nitrogens with zero attached hydrogens (tertiary/aromatic N) is 1. The third-order valence-corrected chi connectivity index (χ3v) is 9.10. The molecule has 3 rings (SSSR count). The SMILES string of the molecule is O=S(=O)(c1sccc1Br)N1C2CCC1CC(Br)C2. The van der Waals surface area contributed by atoms with Crippen molar-refractivity contribution in [2.75, 3.05) is 0 Å². The first-order valence-corrected chi connectivity index (χ1v) is 9.93. The van der Waals surface area contributed by atoms with Crippen molar-refractivity contribution in [1.82, 2.24) is 4.31 Å². The molecule has 0 spiro atoms. The number of rotatable bonds is 2. The second kappa shape index (κ2) is 4.84. The smallest absolute Gasteiger partial charge is 0.206 e. The summed E-state index contributed by atoms with van der Waals surface area (Å²) < 4.78 is 28.4. The lowest BCUT2D eigenvalue weighted by atomic mass is 10.1. The molecule has 0 aromatic carbocycles. The summed E-state index contributed by atoms with van der Waals surface area (Å²) in [4.78, 5) is 0.466. The number of thiophene rings is 1. The Balaban J connectivity index is 1.99. The van der Waals surface area contributed by atoms with Crippen LogP contribution in [0.3, 0.4) is 0 Å². The van der Waals surface area contributed by atoms with Crippen LogP contribution in [0.2, 0.25) is 0 Å². The first-order valence-electron chi connectivity index (χ1n) is 5.90. The van der Waals surface area contributed by atoms with Gasteiger partial charge in [0.2, 0.25) is 0 Å². The second-order valence-electron chi connectivity index (χ2n) is 4.84. The van der Waals surface area contributed by atoms with E-state index in [1.54, 1.807) is 10.4 Å². The Morgan fingerprint density at radius 1 is 1.28 bits per heavy atom. The largest absolute Gasteiger partial charge is 0.254 e. The first kappa shape index (κ1) is 13.5. The fourth-order valence-electron chi connectivity index (χ4n) is 3.02. The molecule has 2 bridgehead atoms. The van der Waals surface area contributed by atoms with E-state index in [0.29, 0.717) is 13.5 Å². The highest BCUT2D eigenvalue weighted by Crippen LogP contribution is 2.43. The third-order valence-electron chi connectivity index (χ3n) is 3.70. The molecular weight excluding hydrogens is 402 g/mol. The molecule has 2 unspecified atom stereocenters. The number of fused-ring (bicyclic) bond motifs is 2. The standard InChI is InChI=1S/C11H13Br2NO2S2/c12-7-5-8-1-2-9(6-7)14(8)18(15,16)11-10(13)3-4-17-11/h3-4,7-9H,1-2,5-6H2. The van der Waals surface area contributed by atoms with Crippen molar-refractivity contribution >= 4 is 53.2 Å². The van der Waals surface area contributed by atoms with E-state index < -0.39 is 10.0 Å². The highest BCUT2D eigenvalue weighted by molar-refractivity contribution is 9.10. The molecule has 2 aliphatic rings. The summed E-state index contributed by atoms with van der Waals surface area (Å²) in [7, 11) is -3.32. The lowest BCUT2D eigenvalue weighted by molar-refractivity contribution is 0.255. The van der Waals surface area contributed by atoms with E-state index in [9.17, 15) is 8.42 Å². The van der Waals surface area contributed by atoms with Gasteiger partial charge in [-0.1, -0.05) is 15.9 Å². The zero-order chi connectivity index (χ0) is 12.9.